The third-order valence-electron chi connectivity index (χ3n) is 3.89. The zero-order valence-corrected chi connectivity index (χ0v) is 12.7. The fourth-order valence-corrected chi connectivity index (χ4v) is 2.67. The van der Waals surface area contributed by atoms with Crippen LogP contribution in [0.3, 0.4) is 0 Å². The molecule has 2 aromatic carbocycles. The summed E-state index contributed by atoms with van der Waals surface area (Å²) in [4.78, 5) is 13.7. The van der Waals surface area contributed by atoms with Gasteiger partial charge in [-0.05, 0) is 48.2 Å². The van der Waals surface area contributed by atoms with Crippen molar-refractivity contribution in [3.05, 3.63) is 48.3 Å². The summed E-state index contributed by atoms with van der Waals surface area (Å²) in [6, 6.07) is 10.8. The largest absolute Gasteiger partial charge is 0.508 e. The lowest BCUT2D eigenvalue weighted by molar-refractivity contribution is -0.132. The quantitative estimate of drug-likeness (QED) is 0.942. The van der Waals surface area contributed by atoms with Gasteiger partial charge in [0, 0.05) is 19.2 Å². The van der Waals surface area contributed by atoms with Crippen LogP contribution < -0.4 is 4.74 Å². The molecular weight excluding hydrogens is 297 g/mol. The second-order valence-corrected chi connectivity index (χ2v) is 5.60. The molecule has 1 saturated heterocycles. The van der Waals surface area contributed by atoms with Crippen LogP contribution in [0.15, 0.2) is 42.5 Å². The summed E-state index contributed by atoms with van der Waals surface area (Å²) >= 11 is 0. The smallest absolute Gasteiger partial charge is 0.260 e. The molecule has 3 rings (SSSR count). The fraction of sp³-hybridized carbons (Fsp3) is 0.278. The number of likely N-dealkylation sites (tertiary alicyclic amines) is 1. The van der Waals surface area contributed by atoms with Crippen molar-refractivity contribution in [1.29, 1.82) is 0 Å². The van der Waals surface area contributed by atoms with Gasteiger partial charge in [0.25, 0.3) is 5.91 Å². The summed E-state index contributed by atoms with van der Waals surface area (Å²) in [5, 5.41) is 9.32. The first-order chi connectivity index (χ1) is 11.1. The molecule has 1 aliphatic heterocycles. The van der Waals surface area contributed by atoms with Crippen molar-refractivity contribution in [1.82, 2.24) is 4.90 Å². The predicted molar refractivity (Wildman–Crippen MR) is 84.8 cm³/mol. The van der Waals surface area contributed by atoms with Crippen molar-refractivity contribution < 1.29 is 19.0 Å². The molecule has 1 amide bonds. The van der Waals surface area contributed by atoms with E-state index in [2.05, 4.69) is 0 Å². The number of benzene rings is 2. The van der Waals surface area contributed by atoms with Crippen molar-refractivity contribution in [3.63, 3.8) is 0 Å². The van der Waals surface area contributed by atoms with E-state index >= 15 is 0 Å². The monoisotopic (exact) mass is 315 g/mol. The first kappa shape index (κ1) is 15.3. The number of hydrogen-bond donors (Lipinski definition) is 1. The van der Waals surface area contributed by atoms with Gasteiger partial charge in [-0.15, -0.1) is 0 Å². The van der Waals surface area contributed by atoms with Gasteiger partial charge in [0.05, 0.1) is 0 Å². The molecular formula is C18H18FNO3. The molecule has 23 heavy (non-hydrogen) atoms. The van der Waals surface area contributed by atoms with E-state index < -0.39 is 5.82 Å². The van der Waals surface area contributed by atoms with Gasteiger partial charge >= 0.3 is 0 Å². The highest BCUT2D eigenvalue weighted by Gasteiger charge is 2.18. The Morgan fingerprint density at radius 3 is 2.48 bits per heavy atom. The molecule has 0 radical (unpaired) electrons. The molecule has 0 bridgehead atoms. The summed E-state index contributed by atoms with van der Waals surface area (Å²) < 4.78 is 19.3. The molecule has 0 saturated carbocycles. The minimum atomic E-state index is -0.431. The van der Waals surface area contributed by atoms with Crippen LogP contribution >= 0.6 is 0 Å². The van der Waals surface area contributed by atoms with Crippen molar-refractivity contribution in [2.45, 2.75) is 12.8 Å². The van der Waals surface area contributed by atoms with Gasteiger partial charge in [-0.3, -0.25) is 4.79 Å². The lowest BCUT2D eigenvalue weighted by atomic mass is 10.1. The molecule has 1 N–H and O–H groups in total. The number of carbonyl (C=O) groups excluding carboxylic acids is 1. The second-order valence-electron chi connectivity index (χ2n) is 5.60. The predicted octanol–water partition coefficient (Wildman–Crippen LogP) is 3.20. The van der Waals surface area contributed by atoms with Crippen LogP contribution in [0.2, 0.25) is 0 Å². The third-order valence-corrected chi connectivity index (χ3v) is 3.89. The summed E-state index contributed by atoms with van der Waals surface area (Å²) in [6.45, 7) is 1.45. The van der Waals surface area contributed by atoms with Crippen LogP contribution in [0.5, 0.6) is 11.5 Å². The standard InChI is InChI=1S/C18H18FNO3/c19-15-9-14(13-3-5-16(21)6-4-13)10-17(11-15)23-12-18(22)20-7-1-2-8-20/h3-6,9-11,21H,1-2,7-8,12H2. The minimum absolute atomic E-state index is 0.0713. The van der Waals surface area contributed by atoms with Gasteiger partial charge in [0.2, 0.25) is 0 Å². The number of phenols is 1. The number of rotatable bonds is 4. The summed E-state index contributed by atoms with van der Waals surface area (Å²) in [7, 11) is 0. The van der Waals surface area contributed by atoms with Crippen LogP contribution in [0.25, 0.3) is 11.1 Å². The van der Waals surface area contributed by atoms with E-state index in [1.165, 1.54) is 24.3 Å². The third kappa shape index (κ3) is 3.80. The Labute approximate surface area is 134 Å². The summed E-state index contributed by atoms with van der Waals surface area (Å²) in [5.74, 6) is -0.0319. The van der Waals surface area contributed by atoms with Crippen molar-refractivity contribution in [2.24, 2.45) is 0 Å². The van der Waals surface area contributed by atoms with Gasteiger partial charge in [0.1, 0.15) is 17.3 Å². The summed E-state index contributed by atoms with van der Waals surface area (Å²) in [5.41, 5.74) is 1.40. The van der Waals surface area contributed by atoms with Crippen molar-refractivity contribution >= 4 is 5.91 Å². The fourth-order valence-electron chi connectivity index (χ4n) is 2.67. The highest BCUT2D eigenvalue weighted by atomic mass is 19.1. The van der Waals surface area contributed by atoms with E-state index in [1.54, 1.807) is 23.1 Å². The van der Waals surface area contributed by atoms with Crippen LogP contribution in [0.1, 0.15) is 12.8 Å². The van der Waals surface area contributed by atoms with Crippen LogP contribution in [0, 0.1) is 5.82 Å². The number of carbonyl (C=O) groups is 1. The second kappa shape index (κ2) is 6.69. The Kier molecular flexibility index (Phi) is 4.46. The number of phenolic OH excluding ortho intramolecular Hbond substituents is 1. The van der Waals surface area contributed by atoms with Gasteiger partial charge in [-0.1, -0.05) is 12.1 Å². The first-order valence-electron chi connectivity index (χ1n) is 7.62. The number of halogens is 1. The normalized spacial score (nSPS) is 14.0. The molecule has 4 nitrogen and oxygen atoms in total. The highest BCUT2D eigenvalue weighted by molar-refractivity contribution is 5.78. The number of ether oxygens (including phenoxy) is 1. The SMILES string of the molecule is O=C(COc1cc(F)cc(-c2ccc(O)cc2)c1)N1CCCC1. The van der Waals surface area contributed by atoms with E-state index in [9.17, 15) is 14.3 Å². The lowest BCUT2D eigenvalue weighted by Crippen LogP contribution is -2.32. The number of hydrogen-bond acceptors (Lipinski definition) is 3. The van der Waals surface area contributed by atoms with E-state index in [0.717, 1.165) is 31.5 Å². The molecule has 2 aromatic rings. The molecule has 5 heteroatoms. The number of aromatic hydroxyl groups is 1. The molecule has 1 aliphatic rings. The average Bonchev–Trinajstić information content (AvgIpc) is 3.07. The van der Waals surface area contributed by atoms with Crippen LogP contribution in [-0.4, -0.2) is 35.6 Å². The Morgan fingerprint density at radius 1 is 1.09 bits per heavy atom. The summed E-state index contributed by atoms with van der Waals surface area (Å²) in [6.07, 6.45) is 2.05. The maximum absolute atomic E-state index is 13.8. The van der Waals surface area contributed by atoms with Gasteiger partial charge in [-0.2, -0.15) is 0 Å². The molecule has 0 aliphatic carbocycles. The van der Waals surface area contributed by atoms with E-state index in [4.69, 9.17) is 4.74 Å². The van der Waals surface area contributed by atoms with Crippen molar-refractivity contribution in [3.8, 4) is 22.6 Å². The molecule has 0 aromatic heterocycles. The zero-order valence-electron chi connectivity index (χ0n) is 12.7. The lowest BCUT2D eigenvalue weighted by Gasteiger charge is -2.16. The average molecular weight is 315 g/mol. The van der Waals surface area contributed by atoms with Crippen LogP contribution in [-0.2, 0) is 4.79 Å². The molecule has 0 atom stereocenters. The Morgan fingerprint density at radius 2 is 1.78 bits per heavy atom. The molecule has 1 heterocycles. The number of nitrogens with zero attached hydrogens (tertiary/aromatic N) is 1. The van der Waals surface area contributed by atoms with Gasteiger partial charge < -0.3 is 14.7 Å². The van der Waals surface area contributed by atoms with Crippen LogP contribution in [0.4, 0.5) is 4.39 Å². The maximum atomic E-state index is 13.8. The van der Waals surface area contributed by atoms with Gasteiger partial charge in [0.15, 0.2) is 6.61 Å². The molecule has 0 spiro atoms. The molecule has 120 valence electrons. The van der Waals surface area contributed by atoms with Crippen molar-refractivity contribution in [2.75, 3.05) is 19.7 Å². The molecule has 1 fully saturated rings. The zero-order chi connectivity index (χ0) is 16.2. The van der Waals surface area contributed by atoms with E-state index in [0.29, 0.717) is 11.3 Å². The first-order valence-corrected chi connectivity index (χ1v) is 7.62. The van der Waals surface area contributed by atoms with E-state index in [1.807, 2.05) is 0 Å². The maximum Gasteiger partial charge on any atom is 0.260 e. The highest BCUT2D eigenvalue weighted by Crippen LogP contribution is 2.27. The van der Waals surface area contributed by atoms with Gasteiger partial charge in [-0.25, -0.2) is 4.39 Å². The topological polar surface area (TPSA) is 49.8 Å². The molecule has 0 unspecified atom stereocenters. The minimum Gasteiger partial charge on any atom is -0.508 e. The Bertz CT molecular complexity index is 694. The Hall–Kier alpha value is -2.56. The number of amides is 1. The van der Waals surface area contributed by atoms with E-state index in [-0.39, 0.29) is 18.3 Å². The Balaban J connectivity index is 1.72.